The van der Waals surface area contributed by atoms with Crippen LogP contribution in [0.1, 0.15) is 13.3 Å². The van der Waals surface area contributed by atoms with Crippen LogP contribution in [0.15, 0.2) is 23.1 Å². The van der Waals surface area contributed by atoms with Crippen molar-refractivity contribution in [1.82, 2.24) is 0 Å². The number of nitrogen functional groups attached to an aromatic ring is 1. The van der Waals surface area contributed by atoms with Gasteiger partial charge in [0.15, 0.2) is 0 Å². The minimum absolute atomic E-state index is 0.500. The zero-order valence-electron chi connectivity index (χ0n) is 8.24. The van der Waals surface area contributed by atoms with Gasteiger partial charge in [-0.15, -0.1) is 11.8 Å². The van der Waals surface area contributed by atoms with Crippen molar-refractivity contribution >= 4 is 35.0 Å². The zero-order chi connectivity index (χ0) is 11.4. The van der Waals surface area contributed by atoms with Gasteiger partial charge < -0.3 is 10.8 Å². The van der Waals surface area contributed by atoms with E-state index in [0.717, 1.165) is 0 Å². The lowest BCUT2D eigenvalue weighted by atomic mass is 10.3. The summed E-state index contributed by atoms with van der Waals surface area (Å²) in [5, 5.41) is 8.90. The van der Waals surface area contributed by atoms with Crippen molar-refractivity contribution in [3.05, 3.63) is 23.2 Å². The van der Waals surface area contributed by atoms with E-state index in [1.807, 2.05) is 6.92 Å². The largest absolute Gasteiger partial charge is 0.480 e. The quantitative estimate of drug-likeness (QED) is 0.633. The molecule has 0 fully saturated rings. The van der Waals surface area contributed by atoms with Crippen LogP contribution in [0.3, 0.4) is 0 Å². The molecule has 15 heavy (non-hydrogen) atoms. The molecular weight excluding hydrogens is 234 g/mol. The number of anilines is 1. The van der Waals surface area contributed by atoms with Crippen molar-refractivity contribution in [2.24, 2.45) is 0 Å². The van der Waals surface area contributed by atoms with E-state index in [2.05, 4.69) is 0 Å². The van der Waals surface area contributed by atoms with Gasteiger partial charge in [-0.2, -0.15) is 0 Å². The molecular formula is C10H12ClNO2S. The van der Waals surface area contributed by atoms with Crippen molar-refractivity contribution in [2.75, 3.05) is 5.73 Å². The molecule has 3 N–H and O–H groups in total. The highest BCUT2D eigenvalue weighted by atomic mass is 35.5. The predicted molar refractivity (Wildman–Crippen MR) is 63.4 cm³/mol. The van der Waals surface area contributed by atoms with E-state index in [1.165, 1.54) is 11.8 Å². The van der Waals surface area contributed by atoms with Gasteiger partial charge in [-0.3, -0.25) is 4.79 Å². The van der Waals surface area contributed by atoms with E-state index in [4.69, 9.17) is 22.4 Å². The number of nitrogens with two attached hydrogens (primary N) is 1. The molecule has 0 aliphatic carbocycles. The highest BCUT2D eigenvalue weighted by Gasteiger charge is 2.19. The maximum atomic E-state index is 10.9. The van der Waals surface area contributed by atoms with Crippen LogP contribution in [0, 0.1) is 0 Å². The topological polar surface area (TPSA) is 63.3 Å². The molecule has 1 rings (SSSR count). The van der Waals surface area contributed by atoms with E-state index in [-0.39, 0.29) is 0 Å². The summed E-state index contributed by atoms with van der Waals surface area (Å²) in [6, 6.07) is 5.15. The van der Waals surface area contributed by atoms with Gasteiger partial charge in [-0.25, -0.2) is 0 Å². The Morgan fingerprint density at radius 2 is 2.33 bits per heavy atom. The summed E-state index contributed by atoms with van der Waals surface area (Å²) in [5.41, 5.74) is 6.25. The van der Waals surface area contributed by atoms with Gasteiger partial charge in [-0.1, -0.05) is 24.6 Å². The number of carboxylic acids is 1. The number of rotatable bonds is 4. The fraction of sp³-hybridized carbons (Fsp3) is 0.300. The third-order valence-corrected chi connectivity index (χ3v) is 3.84. The number of carboxylic acid groups (broad SMARTS) is 1. The molecule has 0 amide bonds. The van der Waals surface area contributed by atoms with Crippen molar-refractivity contribution in [3.8, 4) is 0 Å². The van der Waals surface area contributed by atoms with Crippen LogP contribution >= 0.6 is 23.4 Å². The minimum atomic E-state index is -0.846. The standard InChI is InChI=1S/C10H12ClNO2S/c1-2-8(10(13)14)15-9-6(11)4-3-5-7(9)12/h3-5,8H,2,12H2,1H3,(H,13,14). The second-order valence-corrected chi connectivity index (χ2v) is 4.63. The lowest BCUT2D eigenvalue weighted by Gasteiger charge is -2.12. The van der Waals surface area contributed by atoms with Gasteiger partial charge in [-0.05, 0) is 18.6 Å². The molecule has 0 radical (unpaired) electrons. The molecule has 1 aromatic carbocycles. The number of carbonyl (C=O) groups is 1. The summed E-state index contributed by atoms with van der Waals surface area (Å²) in [7, 11) is 0. The number of benzene rings is 1. The molecule has 0 aliphatic heterocycles. The molecule has 0 heterocycles. The fourth-order valence-corrected chi connectivity index (χ4v) is 2.35. The van der Waals surface area contributed by atoms with Crippen LogP contribution in [0.25, 0.3) is 0 Å². The summed E-state index contributed by atoms with van der Waals surface area (Å²) in [6.45, 7) is 1.82. The number of aliphatic carboxylic acids is 1. The third kappa shape index (κ3) is 3.04. The molecule has 1 unspecified atom stereocenters. The lowest BCUT2D eigenvalue weighted by molar-refractivity contribution is -0.136. The van der Waals surface area contributed by atoms with Gasteiger partial charge in [0.25, 0.3) is 0 Å². The van der Waals surface area contributed by atoms with Crippen molar-refractivity contribution in [2.45, 2.75) is 23.5 Å². The molecule has 3 nitrogen and oxygen atoms in total. The Labute approximate surface area is 97.6 Å². The molecule has 1 atom stereocenters. The average molecular weight is 246 g/mol. The smallest absolute Gasteiger partial charge is 0.316 e. The zero-order valence-corrected chi connectivity index (χ0v) is 9.81. The van der Waals surface area contributed by atoms with Gasteiger partial charge in [0, 0.05) is 10.6 Å². The Kier molecular flexibility index (Phi) is 4.29. The van der Waals surface area contributed by atoms with E-state index in [9.17, 15) is 4.79 Å². The maximum absolute atomic E-state index is 10.9. The average Bonchev–Trinajstić information content (AvgIpc) is 2.17. The second-order valence-electron chi connectivity index (χ2n) is 3.01. The van der Waals surface area contributed by atoms with Crippen molar-refractivity contribution < 1.29 is 9.90 Å². The van der Waals surface area contributed by atoms with E-state index in [0.29, 0.717) is 22.0 Å². The van der Waals surface area contributed by atoms with Crippen molar-refractivity contribution in [3.63, 3.8) is 0 Å². The Bertz CT molecular complexity index is 350. The van der Waals surface area contributed by atoms with Crippen LogP contribution in [-0.4, -0.2) is 16.3 Å². The summed E-state index contributed by atoms with van der Waals surface area (Å²) in [5.74, 6) is -0.846. The van der Waals surface area contributed by atoms with Gasteiger partial charge >= 0.3 is 5.97 Å². The molecule has 0 saturated heterocycles. The molecule has 0 aliphatic rings. The number of halogens is 1. The van der Waals surface area contributed by atoms with Gasteiger partial charge in [0.2, 0.25) is 0 Å². The Morgan fingerprint density at radius 3 is 2.80 bits per heavy atom. The van der Waals surface area contributed by atoms with Crippen LogP contribution in [-0.2, 0) is 4.79 Å². The molecule has 5 heteroatoms. The summed E-state index contributed by atoms with van der Waals surface area (Å²) in [4.78, 5) is 11.5. The Balaban J connectivity index is 2.92. The van der Waals surface area contributed by atoms with E-state index < -0.39 is 11.2 Å². The summed E-state index contributed by atoms with van der Waals surface area (Å²) in [6.07, 6.45) is 0.532. The highest BCUT2D eigenvalue weighted by Crippen LogP contribution is 2.36. The van der Waals surface area contributed by atoms with Gasteiger partial charge in [0.1, 0.15) is 5.25 Å². The molecule has 0 aromatic heterocycles. The molecule has 0 spiro atoms. The summed E-state index contributed by atoms with van der Waals surface area (Å²) < 4.78 is 0. The van der Waals surface area contributed by atoms with Crippen LogP contribution < -0.4 is 5.73 Å². The Hall–Kier alpha value is -0.870. The van der Waals surface area contributed by atoms with Crippen LogP contribution in [0.4, 0.5) is 5.69 Å². The first-order valence-electron chi connectivity index (χ1n) is 4.49. The fourth-order valence-electron chi connectivity index (χ4n) is 1.10. The number of thioether (sulfide) groups is 1. The predicted octanol–water partition coefficient (Wildman–Crippen LogP) is 2.88. The third-order valence-electron chi connectivity index (χ3n) is 1.90. The normalized spacial score (nSPS) is 12.4. The first-order valence-corrected chi connectivity index (χ1v) is 5.75. The van der Waals surface area contributed by atoms with Crippen LogP contribution in [0.2, 0.25) is 5.02 Å². The lowest BCUT2D eigenvalue weighted by Crippen LogP contribution is -2.15. The number of hydrogen-bond acceptors (Lipinski definition) is 3. The molecule has 0 bridgehead atoms. The Morgan fingerprint density at radius 1 is 1.67 bits per heavy atom. The highest BCUT2D eigenvalue weighted by molar-refractivity contribution is 8.00. The SMILES string of the molecule is CCC(Sc1c(N)cccc1Cl)C(=O)O. The number of hydrogen-bond donors (Lipinski definition) is 2. The van der Waals surface area contributed by atoms with E-state index >= 15 is 0 Å². The van der Waals surface area contributed by atoms with Gasteiger partial charge in [0.05, 0.1) is 5.02 Å². The monoisotopic (exact) mass is 245 g/mol. The summed E-state index contributed by atoms with van der Waals surface area (Å²) >= 11 is 7.14. The molecule has 82 valence electrons. The maximum Gasteiger partial charge on any atom is 0.316 e. The van der Waals surface area contributed by atoms with Crippen molar-refractivity contribution in [1.29, 1.82) is 0 Å². The molecule has 0 saturated carbocycles. The second kappa shape index (κ2) is 5.28. The minimum Gasteiger partial charge on any atom is -0.480 e. The van der Waals surface area contributed by atoms with E-state index in [1.54, 1.807) is 18.2 Å². The first kappa shape index (κ1) is 12.2. The first-order chi connectivity index (χ1) is 7.06. The van der Waals surface area contributed by atoms with Crippen LogP contribution in [0.5, 0.6) is 0 Å². The molecule has 1 aromatic rings.